The number of hydrogen-bond acceptors (Lipinski definition) is 3. The first kappa shape index (κ1) is 11.4. The SMILES string of the molecule is O=C1NC[C@@H]2[C@H]1[C@H](O)C[C@@H]1c3ccccc3CCN12. The van der Waals surface area contributed by atoms with Crippen molar-refractivity contribution in [1.29, 1.82) is 0 Å². The van der Waals surface area contributed by atoms with E-state index in [9.17, 15) is 9.90 Å². The van der Waals surface area contributed by atoms with Crippen LogP contribution in [0.2, 0.25) is 0 Å². The second kappa shape index (κ2) is 4.05. The lowest BCUT2D eigenvalue weighted by atomic mass is 9.78. The number of hydrogen-bond donors (Lipinski definition) is 2. The molecule has 100 valence electrons. The molecule has 1 amide bonds. The van der Waals surface area contributed by atoms with Crippen LogP contribution in [0.25, 0.3) is 0 Å². The zero-order valence-corrected chi connectivity index (χ0v) is 10.7. The third kappa shape index (κ3) is 1.56. The highest BCUT2D eigenvalue weighted by molar-refractivity contribution is 5.82. The average molecular weight is 258 g/mol. The summed E-state index contributed by atoms with van der Waals surface area (Å²) >= 11 is 0. The Kier molecular flexibility index (Phi) is 2.44. The predicted molar refractivity (Wildman–Crippen MR) is 70.5 cm³/mol. The van der Waals surface area contributed by atoms with E-state index in [0.717, 1.165) is 13.0 Å². The van der Waals surface area contributed by atoms with Gasteiger partial charge in [-0.15, -0.1) is 0 Å². The van der Waals surface area contributed by atoms with Gasteiger partial charge in [-0.25, -0.2) is 0 Å². The van der Waals surface area contributed by atoms with Gasteiger partial charge in [0.25, 0.3) is 0 Å². The van der Waals surface area contributed by atoms with E-state index >= 15 is 0 Å². The van der Waals surface area contributed by atoms with Gasteiger partial charge in [0.1, 0.15) is 0 Å². The van der Waals surface area contributed by atoms with E-state index in [4.69, 9.17) is 0 Å². The van der Waals surface area contributed by atoms with Crippen LogP contribution >= 0.6 is 0 Å². The molecule has 1 aromatic rings. The standard InChI is InChI=1S/C15H18N2O2/c18-13-7-11-10-4-2-1-3-9(10)5-6-17(11)12-8-16-15(19)14(12)13/h1-4,11-14,18H,5-8H2,(H,16,19)/t11-,12-,13-,14+/m1/s1. The minimum Gasteiger partial charge on any atom is -0.392 e. The monoisotopic (exact) mass is 258 g/mol. The van der Waals surface area contributed by atoms with Gasteiger partial charge in [-0.3, -0.25) is 9.69 Å². The van der Waals surface area contributed by atoms with Gasteiger partial charge in [-0.2, -0.15) is 0 Å². The molecule has 0 bridgehead atoms. The number of amides is 1. The third-order valence-corrected chi connectivity index (χ3v) is 4.96. The van der Waals surface area contributed by atoms with E-state index in [0.29, 0.717) is 13.0 Å². The summed E-state index contributed by atoms with van der Waals surface area (Å²) in [5, 5.41) is 13.2. The molecule has 4 nitrogen and oxygen atoms in total. The molecule has 2 N–H and O–H groups in total. The Morgan fingerprint density at radius 1 is 1.32 bits per heavy atom. The van der Waals surface area contributed by atoms with Crippen molar-refractivity contribution in [2.45, 2.75) is 31.0 Å². The first-order valence-electron chi connectivity index (χ1n) is 7.05. The van der Waals surface area contributed by atoms with Gasteiger partial charge < -0.3 is 10.4 Å². The summed E-state index contributed by atoms with van der Waals surface area (Å²) in [6, 6.07) is 8.94. The second-order valence-corrected chi connectivity index (χ2v) is 5.84. The fourth-order valence-electron chi connectivity index (χ4n) is 4.09. The summed E-state index contributed by atoms with van der Waals surface area (Å²) in [7, 11) is 0. The molecule has 0 radical (unpaired) electrons. The van der Waals surface area contributed by atoms with Crippen LogP contribution in [-0.2, 0) is 11.2 Å². The van der Waals surface area contributed by atoms with Gasteiger partial charge in [0.05, 0.1) is 12.0 Å². The summed E-state index contributed by atoms with van der Waals surface area (Å²) < 4.78 is 0. The fraction of sp³-hybridized carbons (Fsp3) is 0.533. The highest BCUT2D eigenvalue weighted by Crippen LogP contribution is 2.42. The number of aliphatic hydroxyl groups is 1. The lowest BCUT2D eigenvalue weighted by Gasteiger charge is -2.47. The molecular formula is C15H18N2O2. The zero-order chi connectivity index (χ0) is 13.0. The maximum Gasteiger partial charge on any atom is 0.227 e. The maximum atomic E-state index is 11.8. The molecule has 3 aliphatic rings. The normalized spacial score (nSPS) is 37.2. The Morgan fingerprint density at radius 2 is 2.16 bits per heavy atom. The topological polar surface area (TPSA) is 52.6 Å². The van der Waals surface area contributed by atoms with Crippen molar-refractivity contribution in [2.24, 2.45) is 5.92 Å². The van der Waals surface area contributed by atoms with Crippen LogP contribution in [0.1, 0.15) is 23.6 Å². The molecule has 0 saturated carbocycles. The molecular weight excluding hydrogens is 240 g/mol. The largest absolute Gasteiger partial charge is 0.392 e. The summed E-state index contributed by atoms with van der Waals surface area (Å²) in [5.74, 6) is -0.212. The number of piperidine rings is 1. The molecule has 4 rings (SSSR count). The lowest BCUT2D eigenvalue weighted by Crippen LogP contribution is -2.54. The van der Waals surface area contributed by atoms with E-state index < -0.39 is 6.10 Å². The van der Waals surface area contributed by atoms with E-state index in [1.807, 2.05) is 0 Å². The molecule has 4 heteroatoms. The molecule has 0 aromatic heterocycles. The number of nitrogens with zero attached hydrogens (tertiary/aromatic N) is 1. The van der Waals surface area contributed by atoms with Gasteiger partial charge in [-0.05, 0) is 24.0 Å². The number of rotatable bonds is 0. The molecule has 2 fully saturated rings. The zero-order valence-electron chi connectivity index (χ0n) is 10.7. The van der Waals surface area contributed by atoms with Crippen LogP contribution in [0.5, 0.6) is 0 Å². The second-order valence-electron chi connectivity index (χ2n) is 5.84. The van der Waals surface area contributed by atoms with Crippen molar-refractivity contribution in [1.82, 2.24) is 10.2 Å². The lowest BCUT2D eigenvalue weighted by molar-refractivity contribution is -0.131. The van der Waals surface area contributed by atoms with Crippen LogP contribution in [0.3, 0.4) is 0 Å². The van der Waals surface area contributed by atoms with E-state index in [-0.39, 0.29) is 23.9 Å². The first-order valence-corrected chi connectivity index (χ1v) is 7.05. The van der Waals surface area contributed by atoms with Crippen molar-refractivity contribution in [3.63, 3.8) is 0 Å². The highest BCUT2D eigenvalue weighted by Gasteiger charge is 2.50. The van der Waals surface area contributed by atoms with Crippen LogP contribution in [0.15, 0.2) is 24.3 Å². The number of carbonyl (C=O) groups excluding carboxylic acids is 1. The third-order valence-electron chi connectivity index (χ3n) is 4.96. The molecule has 3 aliphatic heterocycles. The fourth-order valence-corrected chi connectivity index (χ4v) is 4.09. The Hall–Kier alpha value is -1.39. The summed E-state index contributed by atoms with van der Waals surface area (Å²) in [5.41, 5.74) is 2.73. The number of carbonyl (C=O) groups is 1. The Balaban J connectivity index is 1.74. The van der Waals surface area contributed by atoms with E-state index in [1.54, 1.807) is 0 Å². The maximum absolute atomic E-state index is 11.8. The quantitative estimate of drug-likeness (QED) is 0.711. The van der Waals surface area contributed by atoms with Crippen LogP contribution in [-0.4, -0.2) is 41.1 Å². The molecule has 19 heavy (non-hydrogen) atoms. The number of aliphatic hydroxyl groups excluding tert-OH is 1. The van der Waals surface area contributed by atoms with Crippen LogP contribution in [0, 0.1) is 5.92 Å². The molecule has 2 saturated heterocycles. The Morgan fingerprint density at radius 3 is 3.05 bits per heavy atom. The highest BCUT2D eigenvalue weighted by atomic mass is 16.3. The van der Waals surface area contributed by atoms with Gasteiger partial charge in [-0.1, -0.05) is 24.3 Å². The van der Waals surface area contributed by atoms with Gasteiger partial charge in [0, 0.05) is 25.2 Å². The number of fused-ring (bicyclic) bond motifs is 5. The Labute approximate surface area is 112 Å². The average Bonchev–Trinajstić information content (AvgIpc) is 2.82. The minimum atomic E-state index is -0.514. The molecule has 0 spiro atoms. The van der Waals surface area contributed by atoms with Crippen molar-refractivity contribution in [3.8, 4) is 0 Å². The van der Waals surface area contributed by atoms with Crippen LogP contribution in [0.4, 0.5) is 0 Å². The number of benzene rings is 1. The molecule has 0 unspecified atom stereocenters. The predicted octanol–water partition coefficient (Wildman–Crippen LogP) is 0.465. The van der Waals surface area contributed by atoms with Crippen molar-refractivity contribution < 1.29 is 9.90 Å². The van der Waals surface area contributed by atoms with Crippen molar-refractivity contribution in [3.05, 3.63) is 35.4 Å². The van der Waals surface area contributed by atoms with Crippen molar-refractivity contribution >= 4 is 5.91 Å². The summed E-state index contributed by atoms with van der Waals surface area (Å²) in [6.45, 7) is 1.67. The van der Waals surface area contributed by atoms with E-state index in [2.05, 4.69) is 34.5 Å². The van der Waals surface area contributed by atoms with Gasteiger partial charge in [0.15, 0.2) is 0 Å². The summed E-state index contributed by atoms with van der Waals surface area (Å²) in [4.78, 5) is 14.3. The van der Waals surface area contributed by atoms with Gasteiger partial charge in [0.2, 0.25) is 5.91 Å². The van der Waals surface area contributed by atoms with E-state index in [1.165, 1.54) is 11.1 Å². The smallest absolute Gasteiger partial charge is 0.227 e. The first-order chi connectivity index (χ1) is 9.25. The number of nitrogens with one attached hydrogen (secondary N) is 1. The molecule has 1 aromatic carbocycles. The van der Waals surface area contributed by atoms with Gasteiger partial charge >= 0.3 is 0 Å². The molecule has 4 atom stereocenters. The Bertz CT molecular complexity index is 531. The summed E-state index contributed by atoms with van der Waals surface area (Å²) in [6.07, 6.45) is 1.20. The minimum absolute atomic E-state index is 0.0230. The molecule has 3 heterocycles. The molecule has 0 aliphatic carbocycles. The van der Waals surface area contributed by atoms with Crippen LogP contribution < -0.4 is 5.32 Å². The van der Waals surface area contributed by atoms with Crippen molar-refractivity contribution in [2.75, 3.05) is 13.1 Å².